The third-order valence-corrected chi connectivity index (χ3v) is 13.4. The summed E-state index contributed by atoms with van der Waals surface area (Å²) in [6.45, 7) is 12.7. The molecule has 0 aliphatic rings. The molecular weight excluding hydrogens is 885 g/mol. The molecule has 4 unspecified atom stereocenters. The molecule has 2 rings (SSSR count). The largest absolute Gasteiger partial charge is 0.465 e. The summed E-state index contributed by atoms with van der Waals surface area (Å²) >= 11 is 0. The van der Waals surface area contributed by atoms with E-state index in [2.05, 4.69) is 48.8 Å². The van der Waals surface area contributed by atoms with Gasteiger partial charge in [0.2, 0.25) is 11.8 Å². The van der Waals surface area contributed by atoms with E-state index in [4.69, 9.17) is 14.2 Å². The van der Waals surface area contributed by atoms with Crippen LogP contribution in [0.25, 0.3) is 0 Å². The van der Waals surface area contributed by atoms with Gasteiger partial charge in [-0.2, -0.15) is 0 Å². The lowest BCUT2D eigenvalue weighted by molar-refractivity contribution is -0.149. The minimum Gasteiger partial charge on any atom is -0.465 e. The zero-order chi connectivity index (χ0) is 51.6. The second-order valence-corrected chi connectivity index (χ2v) is 20.4. The Morgan fingerprint density at radius 1 is 0.394 bits per heavy atom. The van der Waals surface area contributed by atoms with Crippen molar-refractivity contribution in [2.75, 3.05) is 23.8 Å². The quantitative estimate of drug-likeness (QED) is 0.0385. The van der Waals surface area contributed by atoms with Crippen LogP contribution < -0.4 is 15.4 Å². The second-order valence-electron chi connectivity index (χ2n) is 20.4. The van der Waals surface area contributed by atoms with Crippen molar-refractivity contribution in [1.82, 2.24) is 0 Å². The fraction of sp³-hybridized carbons (Fsp3) is 0.677. The summed E-state index contributed by atoms with van der Waals surface area (Å²) < 4.78 is 17.1. The highest BCUT2D eigenvalue weighted by Gasteiger charge is 2.23. The second kappa shape index (κ2) is 42.1. The predicted molar refractivity (Wildman–Crippen MR) is 297 cm³/mol. The Balaban J connectivity index is 1.54. The first kappa shape index (κ1) is 62.7. The van der Waals surface area contributed by atoms with Crippen LogP contribution in [0.5, 0.6) is 11.5 Å². The number of carbonyl (C=O) groups is 4. The maximum Gasteiger partial charge on any atom is 0.308 e. The molecular formula is C62H100N2O7. The van der Waals surface area contributed by atoms with E-state index in [0.29, 0.717) is 48.9 Å². The fourth-order valence-electron chi connectivity index (χ4n) is 8.68. The molecule has 2 aromatic rings. The van der Waals surface area contributed by atoms with Crippen LogP contribution in [0.1, 0.15) is 234 Å². The van der Waals surface area contributed by atoms with Crippen LogP contribution >= 0.6 is 0 Å². The number of unbranched alkanes of at least 4 members (excludes halogenated alkanes) is 24. The lowest BCUT2D eigenvalue weighted by Crippen LogP contribution is -2.25. The highest BCUT2D eigenvalue weighted by Crippen LogP contribution is 2.26. The van der Waals surface area contributed by atoms with Crippen molar-refractivity contribution in [3.05, 3.63) is 72.8 Å². The number of hydrogen-bond donors (Lipinski definition) is 2. The van der Waals surface area contributed by atoms with Gasteiger partial charge in [-0.05, 0) is 126 Å². The number of hydrogen-bond acceptors (Lipinski definition) is 7. The summed E-state index contributed by atoms with van der Waals surface area (Å²) in [5.41, 5.74) is 1.26. The van der Waals surface area contributed by atoms with Crippen LogP contribution in [0.2, 0.25) is 0 Å². The summed E-state index contributed by atoms with van der Waals surface area (Å²) in [5, 5.41) is 5.89. The minimum atomic E-state index is -0.372. The van der Waals surface area contributed by atoms with Crippen molar-refractivity contribution in [2.24, 2.45) is 23.7 Å². The Morgan fingerprint density at radius 3 is 0.986 bits per heavy atom. The highest BCUT2D eigenvalue weighted by molar-refractivity contribution is 5.93. The van der Waals surface area contributed by atoms with E-state index in [0.717, 1.165) is 38.5 Å². The number of allylic oxidation sites excluding steroid dienone is 4. The van der Waals surface area contributed by atoms with Gasteiger partial charge in [0.1, 0.15) is 11.5 Å². The molecule has 0 aliphatic heterocycles. The third-order valence-electron chi connectivity index (χ3n) is 13.4. The molecule has 9 heteroatoms. The van der Waals surface area contributed by atoms with Crippen LogP contribution in [-0.2, 0) is 28.7 Å². The van der Waals surface area contributed by atoms with Gasteiger partial charge in [-0.15, -0.1) is 0 Å². The van der Waals surface area contributed by atoms with E-state index >= 15 is 0 Å². The van der Waals surface area contributed by atoms with Gasteiger partial charge in [-0.1, -0.05) is 181 Å². The van der Waals surface area contributed by atoms with Gasteiger partial charge >= 0.3 is 11.9 Å². The van der Waals surface area contributed by atoms with Gasteiger partial charge in [0.25, 0.3) is 0 Å². The number of ether oxygens (including phenoxy) is 3. The van der Waals surface area contributed by atoms with E-state index in [1.807, 2.05) is 27.7 Å². The van der Waals surface area contributed by atoms with E-state index < -0.39 is 0 Å². The van der Waals surface area contributed by atoms with Gasteiger partial charge in [0.05, 0.1) is 25.0 Å². The van der Waals surface area contributed by atoms with Crippen molar-refractivity contribution in [3.63, 3.8) is 0 Å². The zero-order valence-corrected chi connectivity index (χ0v) is 45.7. The standard InChI is InChI=1S/C62H100N2O7/c1-7-9-11-13-15-17-19-21-23-25-27-29-31-33-35-37-47-69-61(67)53(5)49-51(3)59(65)63-55-39-43-57(44-40-55)71-58-45-41-56(42-46-58)64-60(66)52(4)50-54(6)62(68)70-48-38-36-34-32-30-28-26-24-22-20-18-16-14-12-10-8-2/h21-24,39-46,51-54H,7-20,25-38,47-50H2,1-6H3,(H,63,65)(H,64,66). The van der Waals surface area contributed by atoms with Crippen molar-refractivity contribution in [3.8, 4) is 11.5 Å². The van der Waals surface area contributed by atoms with Crippen molar-refractivity contribution < 1.29 is 33.4 Å². The van der Waals surface area contributed by atoms with Crippen molar-refractivity contribution in [1.29, 1.82) is 0 Å². The molecule has 0 heterocycles. The van der Waals surface area contributed by atoms with Crippen LogP contribution in [0, 0.1) is 23.7 Å². The van der Waals surface area contributed by atoms with Crippen LogP contribution in [0.4, 0.5) is 11.4 Å². The molecule has 0 fully saturated rings. The molecule has 71 heavy (non-hydrogen) atoms. The first-order valence-corrected chi connectivity index (χ1v) is 28.7. The molecule has 0 saturated carbocycles. The maximum atomic E-state index is 13.0. The SMILES string of the molecule is CCCCCCCCC=CCCCCCCCCOC(=O)C(C)CC(C)C(=O)Nc1ccc(Oc2ccc(NC(=O)C(C)CC(C)C(=O)OCCCCCCCCC=CCCCCCCCC)cc2)cc1. The summed E-state index contributed by atoms with van der Waals surface area (Å²) in [5.74, 6) is -1.12. The number of anilines is 2. The molecule has 0 aromatic heterocycles. The Hall–Kier alpha value is -4.40. The van der Waals surface area contributed by atoms with Crippen LogP contribution in [0.3, 0.4) is 0 Å². The van der Waals surface area contributed by atoms with Gasteiger partial charge < -0.3 is 24.8 Å². The number of rotatable bonds is 44. The Bertz CT molecular complexity index is 1600. The number of nitrogens with one attached hydrogen (secondary N) is 2. The van der Waals surface area contributed by atoms with Crippen molar-refractivity contribution in [2.45, 2.75) is 234 Å². The van der Waals surface area contributed by atoms with E-state index in [1.54, 1.807) is 48.5 Å². The number of carbonyl (C=O) groups excluding carboxylic acids is 4. The third kappa shape index (κ3) is 33.1. The Kier molecular flexibility index (Phi) is 37.2. The average molecular weight is 985 g/mol. The normalized spacial score (nSPS) is 13.2. The number of amides is 2. The molecule has 0 bridgehead atoms. The lowest BCUT2D eigenvalue weighted by Gasteiger charge is -2.17. The van der Waals surface area contributed by atoms with Crippen LogP contribution in [0.15, 0.2) is 72.8 Å². The van der Waals surface area contributed by atoms with Gasteiger partial charge in [-0.25, -0.2) is 0 Å². The van der Waals surface area contributed by atoms with E-state index in [1.165, 1.54) is 141 Å². The fourth-order valence-corrected chi connectivity index (χ4v) is 8.68. The molecule has 2 N–H and O–H groups in total. The summed E-state index contributed by atoms with van der Waals surface area (Å²) in [6.07, 6.45) is 44.8. The number of esters is 2. The first-order valence-electron chi connectivity index (χ1n) is 28.7. The molecule has 2 amide bonds. The topological polar surface area (TPSA) is 120 Å². The van der Waals surface area contributed by atoms with Crippen molar-refractivity contribution >= 4 is 35.1 Å². The molecule has 9 nitrogen and oxygen atoms in total. The molecule has 0 aliphatic carbocycles. The van der Waals surface area contributed by atoms with Crippen LogP contribution in [-0.4, -0.2) is 37.0 Å². The van der Waals surface area contributed by atoms with E-state index in [-0.39, 0.29) is 47.4 Å². The van der Waals surface area contributed by atoms with E-state index in [9.17, 15) is 19.2 Å². The molecule has 4 atom stereocenters. The monoisotopic (exact) mass is 985 g/mol. The summed E-state index contributed by atoms with van der Waals surface area (Å²) in [6, 6.07) is 14.2. The molecule has 0 saturated heterocycles. The minimum absolute atomic E-state index is 0.160. The van der Waals surface area contributed by atoms with Gasteiger partial charge in [0.15, 0.2) is 0 Å². The Morgan fingerprint density at radius 2 is 0.676 bits per heavy atom. The maximum absolute atomic E-state index is 13.0. The Labute approximate surface area is 432 Å². The number of benzene rings is 2. The first-order chi connectivity index (χ1) is 34.5. The summed E-state index contributed by atoms with van der Waals surface area (Å²) in [7, 11) is 0. The average Bonchev–Trinajstić information content (AvgIpc) is 3.36. The molecule has 0 spiro atoms. The zero-order valence-electron chi connectivity index (χ0n) is 45.7. The van der Waals surface area contributed by atoms with Gasteiger partial charge in [0, 0.05) is 23.2 Å². The molecule has 0 radical (unpaired) electrons. The smallest absolute Gasteiger partial charge is 0.308 e. The molecule has 2 aromatic carbocycles. The lowest BCUT2D eigenvalue weighted by atomic mass is 9.96. The summed E-state index contributed by atoms with van der Waals surface area (Å²) in [4.78, 5) is 51.3. The molecule has 400 valence electrons. The van der Waals surface area contributed by atoms with Gasteiger partial charge in [-0.3, -0.25) is 19.2 Å². The highest BCUT2D eigenvalue weighted by atomic mass is 16.5. The predicted octanol–water partition coefficient (Wildman–Crippen LogP) is 17.8.